The lowest BCUT2D eigenvalue weighted by Crippen LogP contribution is -2.36. The second-order valence-electron chi connectivity index (χ2n) is 6.64. The Kier molecular flexibility index (Phi) is 4.95. The van der Waals surface area contributed by atoms with Gasteiger partial charge in [0.1, 0.15) is 5.82 Å². The number of piperidine rings is 1. The number of hydrogen-bond acceptors (Lipinski definition) is 6. The molecule has 8 heteroatoms. The molecule has 1 aliphatic rings. The Morgan fingerprint density at radius 2 is 2.15 bits per heavy atom. The van der Waals surface area contributed by atoms with E-state index in [9.17, 15) is 4.39 Å². The molecule has 0 aromatic carbocycles. The molecule has 1 saturated heterocycles. The van der Waals surface area contributed by atoms with Gasteiger partial charge in [0.05, 0.1) is 18.4 Å². The highest BCUT2D eigenvalue weighted by Crippen LogP contribution is 2.28. The second-order valence-corrected chi connectivity index (χ2v) is 6.64. The third-order valence-electron chi connectivity index (χ3n) is 4.84. The number of aromatic nitrogens is 5. The van der Waals surface area contributed by atoms with Crippen LogP contribution >= 0.6 is 0 Å². The van der Waals surface area contributed by atoms with E-state index in [2.05, 4.69) is 34.7 Å². The highest BCUT2D eigenvalue weighted by atomic mass is 19.1. The van der Waals surface area contributed by atoms with Crippen LogP contribution < -0.4 is 10.2 Å². The van der Waals surface area contributed by atoms with E-state index in [4.69, 9.17) is 0 Å². The SMILES string of the molecule is CNc1nc(N2CCCC(c3nccn3Cc3ccccn3)C2)ncc1F. The topological polar surface area (TPSA) is 71.8 Å². The normalized spacial score (nSPS) is 17.1. The first-order chi connectivity index (χ1) is 13.2. The predicted molar refractivity (Wildman–Crippen MR) is 101 cm³/mol. The molecule has 27 heavy (non-hydrogen) atoms. The van der Waals surface area contributed by atoms with Crippen LogP contribution in [0.3, 0.4) is 0 Å². The number of rotatable bonds is 5. The largest absolute Gasteiger partial charge is 0.371 e. The van der Waals surface area contributed by atoms with E-state index < -0.39 is 5.82 Å². The molecule has 0 aliphatic carbocycles. The molecule has 1 fully saturated rings. The minimum atomic E-state index is -0.444. The fourth-order valence-corrected chi connectivity index (χ4v) is 3.54. The Morgan fingerprint density at radius 1 is 1.22 bits per heavy atom. The summed E-state index contributed by atoms with van der Waals surface area (Å²) in [5, 5.41) is 2.77. The highest BCUT2D eigenvalue weighted by Gasteiger charge is 2.26. The lowest BCUT2D eigenvalue weighted by molar-refractivity contribution is 0.470. The Hall–Kier alpha value is -3.03. The van der Waals surface area contributed by atoms with Gasteiger partial charge in [0.15, 0.2) is 11.6 Å². The standard InChI is InChI=1S/C19H22FN7/c1-21-17-16(20)11-24-19(25-17)27-9-4-5-14(12-27)18-23-8-10-26(18)13-15-6-2-3-7-22-15/h2-3,6-8,10-11,14H,4-5,9,12-13H2,1H3,(H,21,24,25). The third-order valence-corrected chi connectivity index (χ3v) is 4.84. The van der Waals surface area contributed by atoms with Crippen LogP contribution in [0, 0.1) is 5.82 Å². The van der Waals surface area contributed by atoms with Crippen molar-refractivity contribution in [2.45, 2.75) is 25.3 Å². The Morgan fingerprint density at radius 3 is 2.96 bits per heavy atom. The molecule has 1 unspecified atom stereocenters. The first-order valence-electron chi connectivity index (χ1n) is 9.11. The van der Waals surface area contributed by atoms with Crippen LogP contribution in [0.25, 0.3) is 0 Å². The van der Waals surface area contributed by atoms with E-state index in [1.807, 2.05) is 30.6 Å². The number of anilines is 2. The van der Waals surface area contributed by atoms with Gasteiger partial charge >= 0.3 is 0 Å². The number of halogens is 1. The molecule has 0 bridgehead atoms. The summed E-state index contributed by atoms with van der Waals surface area (Å²) < 4.78 is 15.8. The summed E-state index contributed by atoms with van der Waals surface area (Å²) >= 11 is 0. The molecule has 0 radical (unpaired) electrons. The quantitative estimate of drug-likeness (QED) is 0.748. The number of nitrogens with zero attached hydrogens (tertiary/aromatic N) is 6. The first-order valence-corrected chi connectivity index (χ1v) is 9.11. The van der Waals surface area contributed by atoms with Gasteiger partial charge in [-0.1, -0.05) is 6.07 Å². The average Bonchev–Trinajstić information content (AvgIpc) is 3.17. The summed E-state index contributed by atoms with van der Waals surface area (Å²) in [5.41, 5.74) is 1.00. The molecule has 0 spiro atoms. The van der Waals surface area contributed by atoms with Crippen molar-refractivity contribution in [2.24, 2.45) is 0 Å². The lowest BCUT2D eigenvalue weighted by atomic mass is 9.97. The molecule has 4 rings (SSSR count). The van der Waals surface area contributed by atoms with Crippen molar-refractivity contribution < 1.29 is 4.39 Å². The van der Waals surface area contributed by atoms with Crippen LogP contribution in [-0.2, 0) is 6.54 Å². The van der Waals surface area contributed by atoms with Crippen molar-refractivity contribution in [3.05, 3.63) is 60.3 Å². The van der Waals surface area contributed by atoms with Gasteiger partial charge in [-0.25, -0.2) is 14.4 Å². The van der Waals surface area contributed by atoms with Crippen molar-refractivity contribution in [1.29, 1.82) is 0 Å². The van der Waals surface area contributed by atoms with Crippen molar-refractivity contribution in [3.63, 3.8) is 0 Å². The van der Waals surface area contributed by atoms with Crippen LogP contribution in [0.2, 0.25) is 0 Å². The maximum absolute atomic E-state index is 13.7. The van der Waals surface area contributed by atoms with Crippen molar-refractivity contribution in [2.75, 3.05) is 30.4 Å². The van der Waals surface area contributed by atoms with Gasteiger partial charge in [-0.15, -0.1) is 0 Å². The molecule has 0 amide bonds. The Labute approximate surface area is 157 Å². The highest BCUT2D eigenvalue weighted by molar-refractivity contribution is 5.42. The average molecular weight is 367 g/mol. The van der Waals surface area contributed by atoms with Crippen molar-refractivity contribution in [3.8, 4) is 0 Å². The number of nitrogens with one attached hydrogen (secondary N) is 1. The fraction of sp³-hybridized carbons (Fsp3) is 0.368. The molecule has 140 valence electrons. The van der Waals surface area contributed by atoms with Gasteiger partial charge in [0, 0.05) is 44.6 Å². The maximum atomic E-state index is 13.7. The summed E-state index contributed by atoms with van der Waals surface area (Å²) in [4.78, 5) is 19.6. The van der Waals surface area contributed by atoms with Crippen LogP contribution in [-0.4, -0.2) is 44.6 Å². The molecule has 1 atom stereocenters. The molecule has 3 aromatic rings. The Bertz CT molecular complexity index is 896. The first kappa shape index (κ1) is 17.4. The predicted octanol–water partition coefficient (Wildman–Crippen LogP) is 2.68. The smallest absolute Gasteiger partial charge is 0.227 e. The molecule has 3 aromatic heterocycles. The van der Waals surface area contributed by atoms with Gasteiger partial charge in [-0.2, -0.15) is 4.98 Å². The van der Waals surface area contributed by atoms with E-state index in [-0.39, 0.29) is 11.7 Å². The van der Waals surface area contributed by atoms with Gasteiger partial charge in [-0.3, -0.25) is 4.98 Å². The zero-order chi connectivity index (χ0) is 18.6. The Balaban J connectivity index is 1.53. The van der Waals surface area contributed by atoms with E-state index >= 15 is 0 Å². The molecular formula is C19H22FN7. The number of imidazole rings is 1. The summed E-state index contributed by atoms with van der Waals surface area (Å²) in [5.74, 6) is 1.64. The van der Waals surface area contributed by atoms with Gasteiger partial charge < -0.3 is 14.8 Å². The van der Waals surface area contributed by atoms with E-state index in [0.29, 0.717) is 12.5 Å². The van der Waals surface area contributed by atoms with Gasteiger partial charge in [0.25, 0.3) is 0 Å². The molecule has 1 aliphatic heterocycles. The second kappa shape index (κ2) is 7.69. The summed E-state index contributed by atoms with van der Waals surface area (Å²) in [6, 6.07) is 5.93. The molecule has 4 heterocycles. The van der Waals surface area contributed by atoms with Crippen LogP contribution in [0.1, 0.15) is 30.3 Å². The molecule has 0 saturated carbocycles. The van der Waals surface area contributed by atoms with Crippen LogP contribution in [0.15, 0.2) is 43.0 Å². The number of pyridine rings is 1. The maximum Gasteiger partial charge on any atom is 0.227 e. The van der Waals surface area contributed by atoms with Gasteiger partial charge in [0.2, 0.25) is 5.95 Å². The minimum Gasteiger partial charge on any atom is -0.371 e. The van der Waals surface area contributed by atoms with E-state index in [1.54, 1.807) is 13.2 Å². The molecule has 7 nitrogen and oxygen atoms in total. The van der Waals surface area contributed by atoms with Crippen molar-refractivity contribution >= 4 is 11.8 Å². The van der Waals surface area contributed by atoms with Crippen LogP contribution in [0.5, 0.6) is 0 Å². The lowest BCUT2D eigenvalue weighted by Gasteiger charge is -2.32. The summed E-state index contributed by atoms with van der Waals surface area (Å²) in [6.07, 6.45) is 8.92. The van der Waals surface area contributed by atoms with E-state index in [1.165, 1.54) is 6.20 Å². The number of hydrogen-bond donors (Lipinski definition) is 1. The van der Waals surface area contributed by atoms with Gasteiger partial charge in [-0.05, 0) is 25.0 Å². The zero-order valence-corrected chi connectivity index (χ0v) is 15.2. The monoisotopic (exact) mass is 367 g/mol. The summed E-state index contributed by atoms with van der Waals surface area (Å²) in [7, 11) is 1.66. The van der Waals surface area contributed by atoms with Crippen molar-refractivity contribution in [1.82, 2.24) is 24.5 Å². The minimum absolute atomic E-state index is 0.221. The van der Waals surface area contributed by atoms with E-state index in [0.717, 1.165) is 37.4 Å². The zero-order valence-electron chi connectivity index (χ0n) is 15.2. The molecule has 1 N–H and O–H groups in total. The van der Waals surface area contributed by atoms with Crippen LogP contribution in [0.4, 0.5) is 16.2 Å². The third kappa shape index (κ3) is 3.74. The molecular weight excluding hydrogens is 345 g/mol. The summed E-state index contributed by atoms with van der Waals surface area (Å²) in [6.45, 7) is 2.31. The fourth-order valence-electron chi connectivity index (χ4n) is 3.54.